The predicted octanol–water partition coefficient (Wildman–Crippen LogP) is 6.52. The van der Waals surface area contributed by atoms with Crippen LogP contribution in [0.25, 0.3) is 10.1 Å². The predicted molar refractivity (Wildman–Crippen MR) is 105 cm³/mol. The first-order valence-electron chi connectivity index (χ1n) is 8.75. The Balaban J connectivity index is 1.92. The zero-order valence-corrected chi connectivity index (χ0v) is 15.9. The SMILES string of the molecule is CCCc1cc(NC(=O)c2csc3ccccc23)c(C)cc1CC(F)(F)F. The lowest BCUT2D eigenvalue weighted by molar-refractivity contribution is -0.127. The molecule has 0 saturated heterocycles. The molecule has 1 N–H and O–H groups in total. The Morgan fingerprint density at radius 2 is 1.89 bits per heavy atom. The van der Waals surface area contributed by atoms with E-state index in [9.17, 15) is 18.0 Å². The van der Waals surface area contributed by atoms with Crippen molar-refractivity contribution in [1.29, 1.82) is 0 Å². The van der Waals surface area contributed by atoms with Crippen molar-refractivity contribution >= 4 is 33.0 Å². The fourth-order valence-electron chi connectivity index (χ4n) is 3.17. The van der Waals surface area contributed by atoms with E-state index in [4.69, 9.17) is 0 Å². The van der Waals surface area contributed by atoms with E-state index in [1.54, 1.807) is 24.4 Å². The van der Waals surface area contributed by atoms with Gasteiger partial charge in [-0.1, -0.05) is 37.6 Å². The summed E-state index contributed by atoms with van der Waals surface area (Å²) in [5.74, 6) is -0.249. The van der Waals surface area contributed by atoms with Crippen LogP contribution in [-0.2, 0) is 12.8 Å². The van der Waals surface area contributed by atoms with Crippen LogP contribution in [0, 0.1) is 6.92 Å². The first-order chi connectivity index (χ1) is 12.8. The van der Waals surface area contributed by atoms with Crippen LogP contribution in [0.5, 0.6) is 0 Å². The third-order valence-corrected chi connectivity index (χ3v) is 5.39. The van der Waals surface area contributed by atoms with Crippen LogP contribution in [0.3, 0.4) is 0 Å². The minimum Gasteiger partial charge on any atom is -0.322 e. The molecular formula is C21H20F3NOS. The summed E-state index contributed by atoms with van der Waals surface area (Å²) < 4.78 is 39.6. The number of thiophene rings is 1. The Morgan fingerprint density at radius 1 is 1.15 bits per heavy atom. The number of hydrogen-bond donors (Lipinski definition) is 1. The second-order valence-corrected chi connectivity index (χ2v) is 7.49. The largest absolute Gasteiger partial charge is 0.393 e. The molecule has 3 aromatic rings. The van der Waals surface area contributed by atoms with Gasteiger partial charge in [0.25, 0.3) is 5.91 Å². The van der Waals surface area contributed by atoms with E-state index in [-0.39, 0.29) is 11.5 Å². The summed E-state index contributed by atoms with van der Waals surface area (Å²) in [7, 11) is 0. The molecule has 142 valence electrons. The summed E-state index contributed by atoms with van der Waals surface area (Å²) in [5, 5.41) is 5.56. The van der Waals surface area contributed by atoms with Gasteiger partial charge in [-0.05, 0) is 42.2 Å². The number of halogens is 3. The first-order valence-corrected chi connectivity index (χ1v) is 9.63. The van der Waals surface area contributed by atoms with Crippen molar-refractivity contribution in [3.05, 3.63) is 64.0 Å². The highest BCUT2D eigenvalue weighted by atomic mass is 32.1. The maximum Gasteiger partial charge on any atom is 0.393 e. The second kappa shape index (κ2) is 7.72. The van der Waals surface area contributed by atoms with Crippen LogP contribution in [0.15, 0.2) is 41.8 Å². The van der Waals surface area contributed by atoms with Crippen molar-refractivity contribution in [2.45, 2.75) is 39.3 Å². The quantitative estimate of drug-likeness (QED) is 0.527. The maximum absolute atomic E-state index is 12.9. The van der Waals surface area contributed by atoms with Crippen LogP contribution < -0.4 is 5.32 Å². The van der Waals surface area contributed by atoms with Gasteiger partial charge < -0.3 is 5.32 Å². The number of carbonyl (C=O) groups excluding carboxylic acids is 1. The third kappa shape index (κ3) is 4.50. The molecule has 6 heteroatoms. The smallest absolute Gasteiger partial charge is 0.322 e. The third-order valence-electron chi connectivity index (χ3n) is 4.43. The Morgan fingerprint density at radius 3 is 2.59 bits per heavy atom. The lowest BCUT2D eigenvalue weighted by Crippen LogP contribution is -2.16. The molecule has 2 aromatic carbocycles. The normalized spacial score (nSPS) is 11.7. The van der Waals surface area contributed by atoms with Gasteiger partial charge in [0.05, 0.1) is 12.0 Å². The number of amides is 1. The van der Waals surface area contributed by atoms with Gasteiger partial charge >= 0.3 is 6.18 Å². The van der Waals surface area contributed by atoms with E-state index >= 15 is 0 Å². The highest BCUT2D eigenvalue weighted by Crippen LogP contribution is 2.30. The molecule has 1 heterocycles. The number of carbonyl (C=O) groups is 1. The minimum atomic E-state index is -4.25. The average molecular weight is 391 g/mol. The first kappa shape index (κ1) is 19.4. The van der Waals surface area contributed by atoms with E-state index in [1.807, 2.05) is 31.2 Å². The van der Waals surface area contributed by atoms with Gasteiger partial charge in [0.1, 0.15) is 0 Å². The Hall–Kier alpha value is -2.34. The number of alkyl halides is 3. The summed E-state index contributed by atoms with van der Waals surface area (Å²) in [6.07, 6.45) is -3.94. The van der Waals surface area contributed by atoms with Crippen LogP contribution in [-0.4, -0.2) is 12.1 Å². The van der Waals surface area contributed by atoms with E-state index < -0.39 is 12.6 Å². The molecule has 3 rings (SSSR count). The summed E-state index contributed by atoms with van der Waals surface area (Å²) in [6.45, 7) is 3.64. The number of nitrogens with one attached hydrogen (secondary N) is 1. The molecule has 0 spiro atoms. The summed E-state index contributed by atoms with van der Waals surface area (Å²) >= 11 is 1.49. The molecule has 0 bridgehead atoms. The van der Waals surface area contributed by atoms with Crippen molar-refractivity contribution < 1.29 is 18.0 Å². The van der Waals surface area contributed by atoms with E-state index in [0.29, 0.717) is 28.8 Å². The fraction of sp³-hybridized carbons (Fsp3) is 0.286. The Kier molecular flexibility index (Phi) is 5.56. The molecule has 1 amide bonds. The molecule has 0 radical (unpaired) electrons. The van der Waals surface area contributed by atoms with Gasteiger partial charge in [-0.2, -0.15) is 13.2 Å². The number of anilines is 1. The Labute approximate surface area is 160 Å². The van der Waals surface area contributed by atoms with Crippen LogP contribution in [0.1, 0.15) is 40.4 Å². The van der Waals surface area contributed by atoms with Gasteiger partial charge in [-0.25, -0.2) is 0 Å². The van der Waals surface area contributed by atoms with Crippen molar-refractivity contribution in [1.82, 2.24) is 0 Å². The number of fused-ring (bicyclic) bond motifs is 1. The molecular weight excluding hydrogens is 371 g/mol. The standard InChI is InChI=1S/C21H20F3NOS/c1-3-6-14-10-18(13(2)9-15(14)11-21(22,23)24)25-20(26)17-12-27-19-8-5-4-7-16(17)19/h4-5,7-10,12H,3,6,11H2,1-2H3,(H,25,26). The van der Waals surface area contributed by atoms with Gasteiger partial charge in [0.15, 0.2) is 0 Å². The molecule has 0 fully saturated rings. The van der Waals surface area contributed by atoms with E-state index in [2.05, 4.69) is 5.32 Å². The number of rotatable bonds is 5. The summed E-state index contributed by atoms with van der Waals surface area (Å²) in [6, 6.07) is 10.9. The molecule has 0 atom stereocenters. The zero-order chi connectivity index (χ0) is 19.6. The van der Waals surface area contributed by atoms with E-state index in [0.717, 1.165) is 16.5 Å². The molecule has 0 aliphatic rings. The molecule has 0 aliphatic carbocycles. The molecule has 0 aliphatic heterocycles. The number of aryl methyl sites for hydroxylation is 2. The van der Waals surface area contributed by atoms with Crippen molar-refractivity contribution in [3.8, 4) is 0 Å². The summed E-state index contributed by atoms with van der Waals surface area (Å²) in [4.78, 5) is 12.7. The number of hydrogen-bond acceptors (Lipinski definition) is 2. The lowest BCUT2D eigenvalue weighted by atomic mass is 9.96. The van der Waals surface area contributed by atoms with Crippen molar-refractivity contribution in [2.75, 3.05) is 5.32 Å². The topological polar surface area (TPSA) is 29.1 Å². The zero-order valence-electron chi connectivity index (χ0n) is 15.1. The number of benzene rings is 2. The highest BCUT2D eigenvalue weighted by Gasteiger charge is 2.29. The average Bonchev–Trinajstić information content (AvgIpc) is 3.02. The van der Waals surface area contributed by atoms with Crippen molar-refractivity contribution in [3.63, 3.8) is 0 Å². The highest BCUT2D eigenvalue weighted by molar-refractivity contribution is 7.17. The van der Waals surface area contributed by atoms with Gasteiger partial charge in [0.2, 0.25) is 0 Å². The van der Waals surface area contributed by atoms with Gasteiger partial charge in [-0.15, -0.1) is 11.3 Å². The fourth-order valence-corrected chi connectivity index (χ4v) is 4.11. The van der Waals surface area contributed by atoms with Gasteiger partial charge in [-0.3, -0.25) is 4.79 Å². The molecule has 27 heavy (non-hydrogen) atoms. The molecule has 1 aromatic heterocycles. The molecule has 0 saturated carbocycles. The van der Waals surface area contributed by atoms with Crippen LogP contribution in [0.4, 0.5) is 18.9 Å². The lowest BCUT2D eigenvalue weighted by Gasteiger charge is -2.16. The van der Waals surface area contributed by atoms with Crippen LogP contribution >= 0.6 is 11.3 Å². The Bertz CT molecular complexity index is 975. The van der Waals surface area contributed by atoms with Gasteiger partial charge in [0, 0.05) is 21.2 Å². The van der Waals surface area contributed by atoms with Crippen LogP contribution in [0.2, 0.25) is 0 Å². The second-order valence-electron chi connectivity index (χ2n) is 6.58. The molecule has 0 unspecified atom stereocenters. The minimum absolute atomic E-state index is 0.249. The molecule has 2 nitrogen and oxygen atoms in total. The monoisotopic (exact) mass is 391 g/mol. The maximum atomic E-state index is 12.9. The summed E-state index contributed by atoms with van der Waals surface area (Å²) in [5.41, 5.74) is 2.67. The van der Waals surface area contributed by atoms with E-state index in [1.165, 1.54) is 11.3 Å². The van der Waals surface area contributed by atoms with Crippen molar-refractivity contribution in [2.24, 2.45) is 0 Å².